The Bertz CT molecular complexity index is 2900. The smallest absolute Gasteiger partial charge is 0.333 e. The van der Waals surface area contributed by atoms with Gasteiger partial charge in [-0.3, -0.25) is 4.55 Å². The zero-order valence-corrected chi connectivity index (χ0v) is 49.4. The third-order valence-corrected chi connectivity index (χ3v) is 14.5. The first-order chi connectivity index (χ1) is 40.2. The second kappa shape index (κ2) is 35.3. The van der Waals surface area contributed by atoms with Gasteiger partial charge in [0.1, 0.15) is 24.7 Å². The van der Waals surface area contributed by atoms with Gasteiger partial charge in [0, 0.05) is 78.9 Å². The van der Waals surface area contributed by atoms with E-state index >= 15 is 0 Å². The monoisotopic (exact) mass is 1180 g/mol. The Morgan fingerprint density at radius 3 is 1.71 bits per heavy atom. The molecular weight excluding hydrogens is 1090 g/mol. The molecule has 0 radical (unpaired) electrons. The van der Waals surface area contributed by atoms with Crippen molar-refractivity contribution >= 4 is 27.9 Å². The minimum atomic E-state index is -4.49. The van der Waals surface area contributed by atoms with Crippen molar-refractivity contribution in [1.82, 2.24) is 9.31 Å². The molecule has 0 saturated heterocycles. The Morgan fingerprint density at radius 1 is 0.651 bits per heavy atom. The maximum Gasteiger partial charge on any atom is 0.333 e. The maximum atomic E-state index is 12.6. The number of hydrogen-bond donors (Lipinski definition) is 3. The topological polar surface area (TPSA) is 238 Å². The van der Waals surface area contributed by atoms with Crippen molar-refractivity contribution in [2.45, 2.75) is 56.8 Å². The van der Waals surface area contributed by atoms with Crippen LogP contribution in [0.15, 0.2) is 106 Å². The summed E-state index contributed by atoms with van der Waals surface area (Å²) in [6.07, 6.45) is 7.92. The second-order valence-corrected chi connectivity index (χ2v) is 21.3. The molecule has 456 valence electrons. The van der Waals surface area contributed by atoms with E-state index in [1.807, 2.05) is 69.3 Å². The highest BCUT2D eigenvalue weighted by atomic mass is 32.2. The third-order valence-electron chi connectivity index (χ3n) is 13.7. The lowest BCUT2D eigenvalue weighted by Crippen LogP contribution is -2.36. The van der Waals surface area contributed by atoms with Crippen molar-refractivity contribution in [3.05, 3.63) is 119 Å². The van der Waals surface area contributed by atoms with E-state index in [0.717, 1.165) is 44.6 Å². The van der Waals surface area contributed by atoms with Gasteiger partial charge in [-0.1, -0.05) is 62.8 Å². The molecule has 3 N–H and O–H groups in total. The molecule has 6 rings (SSSR count). The Labute approximate surface area is 487 Å². The van der Waals surface area contributed by atoms with Crippen LogP contribution in [0.25, 0.3) is 28.7 Å². The fourth-order valence-corrected chi connectivity index (χ4v) is 9.79. The second-order valence-electron chi connectivity index (χ2n) is 19.8. The fourth-order valence-electron chi connectivity index (χ4n) is 9.28. The number of allylic oxidation sites excluding steroid dienone is 3. The van der Waals surface area contributed by atoms with Gasteiger partial charge in [-0.2, -0.15) is 8.42 Å². The highest BCUT2D eigenvalue weighted by Crippen LogP contribution is 2.49. The summed E-state index contributed by atoms with van der Waals surface area (Å²) in [5.41, 5.74) is 5.40. The predicted octanol–water partition coefficient (Wildman–Crippen LogP) is 6.93. The number of aromatic hydroxyl groups is 2. The number of fused-ring (bicyclic) bond motifs is 2. The minimum Gasteiger partial charge on any atom is -0.492 e. The zero-order valence-electron chi connectivity index (χ0n) is 48.6. The van der Waals surface area contributed by atoms with Crippen molar-refractivity contribution in [2.75, 3.05) is 158 Å². The van der Waals surface area contributed by atoms with Gasteiger partial charge in [0.2, 0.25) is 17.1 Å². The molecule has 0 atom stereocenters. The number of benzene rings is 3. The summed E-state index contributed by atoms with van der Waals surface area (Å²) in [7, 11) is -1.22. The van der Waals surface area contributed by atoms with E-state index in [1.54, 1.807) is 20.3 Å². The average molecular weight is 1180 g/mol. The summed E-state index contributed by atoms with van der Waals surface area (Å²) < 4.78 is 100. The van der Waals surface area contributed by atoms with Gasteiger partial charge in [0.05, 0.1) is 117 Å². The number of carbonyl (C=O) groups excluding carboxylic acids is 1. The van der Waals surface area contributed by atoms with E-state index < -0.39 is 33.3 Å². The molecule has 0 bridgehead atoms. The van der Waals surface area contributed by atoms with Crippen LogP contribution in [0.1, 0.15) is 56.2 Å². The zero-order chi connectivity index (χ0) is 59.3. The van der Waals surface area contributed by atoms with E-state index in [2.05, 4.69) is 27.7 Å². The largest absolute Gasteiger partial charge is 0.492 e. The van der Waals surface area contributed by atoms with E-state index in [0.29, 0.717) is 174 Å². The molecule has 0 saturated carbocycles. The summed E-state index contributed by atoms with van der Waals surface area (Å²) in [4.78, 5) is 19.7. The number of methoxy groups -OCH3 is 2. The van der Waals surface area contributed by atoms with E-state index in [-0.39, 0.29) is 11.3 Å². The Hall–Kier alpha value is -5.99. The van der Waals surface area contributed by atoms with E-state index in [4.69, 9.17) is 56.6 Å². The van der Waals surface area contributed by atoms with Crippen molar-refractivity contribution in [3.63, 3.8) is 0 Å². The fraction of sp³-hybridized carbons (Fsp3) is 0.508. The first-order valence-electron chi connectivity index (χ1n) is 28.1. The van der Waals surface area contributed by atoms with Crippen LogP contribution in [-0.2, 0) is 67.7 Å². The molecule has 0 amide bonds. The van der Waals surface area contributed by atoms with Crippen LogP contribution in [-0.4, -0.2) is 187 Å². The third kappa shape index (κ3) is 20.9. The summed E-state index contributed by atoms with van der Waals surface area (Å²) in [6, 6.07) is 23.2. The maximum absolute atomic E-state index is 12.6. The Balaban J connectivity index is 1.20. The molecule has 0 fully saturated rings. The SMILES string of the molecule is COCCOCCOCCOCCOCC[N+](CCOCCOCCOCCOCCOC)=c1ccc2c(C=CC=C3N(CCCCCC(=O)On4c(O)ccc4O)c4ccc(S(=O)(=O)O)cc4C3(C)C)c(C)c(-c3ccccc3)oc-2c1. The molecule has 3 aliphatic rings. The predicted molar refractivity (Wildman–Crippen MR) is 312 cm³/mol. The number of nitrogens with zero attached hydrogens (tertiary/aromatic N) is 3. The van der Waals surface area contributed by atoms with Crippen molar-refractivity contribution in [1.29, 1.82) is 0 Å². The van der Waals surface area contributed by atoms with E-state index in [1.165, 1.54) is 24.3 Å². The first kappa shape index (κ1) is 66.2. The van der Waals surface area contributed by atoms with Gasteiger partial charge < -0.3 is 71.7 Å². The summed E-state index contributed by atoms with van der Waals surface area (Å²) in [5, 5.41) is 20.7. The minimum absolute atomic E-state index is 0.0508. The average Bonchev–Trinajstić information content (AvgIpc) is 3.89. The Kier molecular flexibility index (Phi) is 28.2. The quantitative estimate of drug-likeness (QED) is 0.0204. The van der Waals surface area contributed by atoms with Gasteiger partial charge in [-0.05, 0) is 61.2 Å². The number of anilines is 1. The van der Waals surface area contributed by atoms with Gasteiger partial charge in [-0.25, -0.2) is 9.37 Å². The highest BCUT2D eigenvalue weighted by Gasteiger charge is 2.40. The molecule has 0 unspecified atom stereocenters. The molecule has 3 aromatic rings. The van der Waals surface area contributed by atoms with Gasteiger partial charge in [-0.15, -0.1) is 4.73 Å². The van der Waals surface area contributed by atoms with Crippen LogP contribution in [0.2, 0.25) is 0 Å². The van der Waals surface area contributed by atoms with Crippen LogP contribution in [0.3, 0.4) is 0 Å². The van der Waals surface area contributed by atoms with Crippen LogP contribution in [0.5, 0.6) is 11.8 Å². The first-order valence-corrected chi connectivity index (χ1v) is 29.6. The lowest BCUT2D eigenvalue weighted by molar-refractivity contribution is -0.145. The molecule has 1 aromatic heterocycles. The number of ether oxygens (including phenoxy) is 10. The van der Waals surface area contributed by atoms with Crippen LogP contribution in [0.4, 0.5) is 5.69 Å². The molecule has 0 spiro atoms. The molecule has 21 nitrogen and oxygen atoms in total. The van der Waals surface area contributed by atoms with Crippen LogP contribution < -0.4 is 19.7 Å². The highest BCUT2D eigenvalue weighted by molar-refractivity contribution is 7.85. The lowest BCUT2D eigenvalue weighted by atomic mass is 9.83. The van der Waals surface area contributed by atoms with Crippen LogP contribution >= 0.6 is 0 Å². The summed E-state index contributed by atoms with van der Waals surface area (Å²) in [6.45, 7) is 16.1. The number of carbonyl (C=O) groups is 1. The van der Waals surface area contributed by atoms with Gasteiger partial charge >= 0.3 is 5.97 Å². The number of hydrogen-bond acceptors (Lipinski definition) is 18. The van der Waals surface area contributed by atoms with Gasteiger partial charge in [0.25, 0.3) is 10.1 Å². The molecule has 1 aliphatic carbocycles. The van der Waals surface area contributed by atoms with E-state index in [9.17, 15) is 28.0 Å². The molecule has 83 heavy (non-hydrogen) atoms. The summed E-state index contributed by atoms with van der Waals surface area (Å²) in [5.74, 6) is -0.0264. The Morgan fingerprint density at radius 2 is 1.18 bits per heavy atom. The molecule has 2 aliphatic heterocycles. The van der Waals surface area contributed by atoms with Crippen LogP contribution in [0, 0.1) is 6.92 Å². The molecular formula is C61H84N3O18S+. The lowest BCUT2D eigenvalue weighted by Gasteiger charge is -2.27. The summed E-state index contributed by atoms with van der Waals surface area (Å²) >= 11 is 0. The molecule has 22 heteroatoms. The van der Waals surface area contributed by atoms with Crippen molar-refractivity contribution in [2.24, 2.45) is 0 Å². The number of rotatable bonds is 41. The number of aromatic nitrogens is 1. The van der Waals surface area contributed by atoms with Crippen molar-refractivity contribution in [3.8, 4) is 34.4 Å². The van der Waals surface area contributed by atoms with Crippen molar-refractivity contribution < 1.29 is 84.6 Å². The standard InChI is InChI=1S/C61H83N3O18S/c1-47-51(15-12-16-56-61(2,3)53-46-50(83(68,69)70)19-21-54(53)63(56)24-11-7-10-17-59(67)82-64-57(65)22-23-58(64)66)52-20-18-49(45-55(52)81-60(47)48-13-8-6-9-14-48)62(25-27-73-33-35-77-41-43-79-39-37-75-31-29-71-4)26-28-74-34-36-78-42-44-80-40-38-76-32-30-72-5/h6,8-9,12-16,18-23,45-46H,7,10-11,17,24-44H2,1-5H3,(H2-,65,66,68,69,70)/p+1. The molecule has 2 aromatic carbocycles. The normalized spacial score (nSPS) is 13.7. The van der Waals surface area contributed by atoms with Gasteiger partial charge in [0.15, 0.2) is 13.1 Å². The number of unbranched alkanes of at least 4 members (excludes halogenated alkanes) is 2. The molecule has 3 heterocycles.